The fraction of sp³-hybridized carbons (Fsp3) is 0.647. The number of aliphatic hydroxyl groups excluding tert-OH is 1. The van der Waals surface area contributed by atoms with E-state index in [0.717, 1.165) is 12.3 Å². The molecule has 1 aromatic rings. The van der Waals surface area contributed by atoms with Gasteiger partial charge in [0.25, 0.3) is 0 Å². The molecule has 0 aromatic heterocycles. The van der Waals surface area contributed by atoms with Gasteiger partial charge in [-0.15, -0.1) is 12.4 Å². The molecule has 1 aromatic carbocycles. The maximum atomic E-state index is 8.72. The van der Waals surface area contributed by atoms with Gasteiger partial charge in [0.05, 0.1) is 6.61 Å². The lowest BCUT2D eigenvalue weighted by molar-refractivity contribution is 0.201. The largest absolute Gasteiger partial charge is 0.491 e. The number of benzene rings is 1. The van der Waals surface area contributed by atoms with Gasteiger partial charge in [-0.2, -0.15) is 0 Å². The number of nitrogens with one attached hydrogen (secondary N) is 1. The Balaban J connectivity index is 0.00000220. The molecule has 1 saturated carbocycles. The first-order valence-electron chi connectivity index (χ1n) is 7.94. The van der Waals surface area contributed by atoms with Crippen molar-refractivity contribution in [3.63, 3.8) is 0 Å². The highest BCUT2D eigenvalue weighted by atomic mass is 35.5. The van der Waals surface area contributed by atoms with Gasteiger partial charge in [-0.25, -0.2) is 0 Å². The summed E-state index contributed by atoms with van der Waals surface area (Å²) >= 11 is 0. The average Bonchev–Trinajstić information content (AvgIpc) is 2.45. The molecule has 0 amide bonds. The van der Waals surface area contributed by atoms with Gasteiger partial charge in [-0.05, 0) is 30.5 Å². The molecule has 2 rings (SSSR count). The van der Waals surface area contributed by atoms with E-state index >= 15 is 0 Å². The Bertz CT molecular complexity index is 362. The van der Waals surface area contributed by atoms with Crippen molar-refractivity contribution in [2.75, 3.05) is 13.2 Å². The predicted octanol–water partition coefficient (Wildman–Crippen LogP) is 3.68. The van der Waals surface area contributed by atoms with Crippen molar-refractivity contribution < 1.29 is 9.84 Å². The third-order valence-corrected chi connectivity index (χ3v) is 3.98. The van der Waals surface area contributed by atoms with Crippen LogP contribution in [0.3, 0.4) is 0 Å². The summed E-state index contributed by atoms with van der Waals surface area (Å²) in [6.45, 7) is 1.36. The first-order valence-corrected chi connectivity index (χ1v) is 7.94. The molecule has 21 heavy (non-hydrogen) atoms. The predicted molar refractivity (Wildman–Crippen MR) is 89.2 cm³/mol. The number of halogens is 1. The summed E-state index contributed by atoms with van der Waals surface area (Å²) in [6.07, 6.45) is 9.58. The standard InChI is InChI=1S/C17H27NO2.ClH/c19-12-13-20-17-10-8-15(9-11-17)14-18-16-6-4-2-1-3-5-7-16;/h8-11,16,18-19H,1-7,12-14H2;1H. The first-order chi connectivity index (χ1) is 9.88. The molecule has 2 N–H and O–H groups in total. The van der Waals surface area contributed by atoms with E-state index in [4.69, 9.17) is 9.84 Å². The van der Waals surface area contributed by atoms with E-state index in [2.05, 4.69) is 17.4 Å². The van der Waals surface area contributed by atoms with Gasteiger partial charge in [0, 0.05) is 12.6 Å². The lowest BCUT2D eigenvalue weighted by Gasteiger charge is -2.21. The zero-order chi connectivity index (χ0) is 14.0. The maximum Gasteiger partial charge on any atom is 0.119 e. The van der Waals surface area contributed by atoms with Crippen LogP contribution in [0, 0.1) is 0 Å². The zero-order valence-corrected chi connectivity index (χ0v) is 13.5. The minimum absolute atomic E-state index is 0. The highest BCUT2D eigenvalue weighted by Gasteiger charge is 2.10. The summed E-state index contributed by atoms with van der Waals surface area (Å²) in [6, 6.07) is 8.83. The summed E-state index contributed by atoms with van der Waals surface area (Å²) in [7, 11) is 0. The molecule has 1 aliphatic rings. The Morgan fingerprint density at radius 2 is 1.62 bits per heavy atom. The SMILES string of the molecule is Cl.OCCOc1ccc(CNC2CCCCCCC2)cc1. The third-order valence-electron chi connectivity index (χ3n) is 3.98. The normalized spacial score (nSPS) is 16.6. The molecule has 1 aliphatic carbocycles. The van der Waals surface area contributed by atoms with Crippen LogP contribution in [0.4, 0.5) is 0 Å². The number of hydrogen-bond donors (Lipinski definition) is 2. The minimum atomic E-state index is 0. The summed E-state index contributed by atoms with van der Waals surface area (Å²) in [5.74, 6) is 0.828. The fourth-order valence-corrected chi connectivity index (χ4v) is 2.79. The number of rotatable bonds is 6. The van der Waals surface area contributed by atoms with Gasteiger partial charge in [-0.3, -0.25) is 0 Å². The molecule has 0 radical (unpaired) electrons. The van der Waals surface area contributed by atoms with Crippen LogP contribution in [0.2, 0.25) is 0 Å². The van der Waals surface area contributed by atoms with Crippen LogP contribution in [-0.2, 0) is 6.54 Å². The number of aliphatic hydroxyl groups is 1. The second-order valence-corrected chi connectivity index (χ2v) is 5.64. The smallest absolute Gasteiger partial charge is 0.119 e. The quantitative estimate of drug-likeness (QED) is 0.841. The molecule has 3 nitrogen and oxygen atoms in total. The first kappa shape index (κ1) is 18.3. The maximum absolute atomic E-state index is 8.72. The zero-order valence-electron chi connectivity index (χ0n) is 12.7. The minimum Gasteiger partial charge on any atom is -0.491 e. The Morgan fingerprint density at radius 3 is 2.24 bits per heavy atom. The Kier molecular flexibility index (Phi) is 9.48. The van der Waals surface area contributed by atoms with Crippen molar-refractivity contribution in [1.29, 1.82) is 0 Å². The molecule has 0 aliphatic heterocycles. The van der Waals surface area contributed by atoms with Crippen molar-refractivity contribution >= 4 is 12.4 Å². The van der Waals surface area contributed by atoms with Gasteiger partial charge < -0.3 is 15.2 Å². The molecule has 0 unspecified atom stereocenters. The van der Waals surface area contributed by atoms with Gasteiger partial charge in [0.15, 0.2) is 0 Å². The molecule has 0 bridgehead atoms. The topological polar surface area (TPSA) is 41.5 Å². The summed E-state index contributed by atoms with van der Waals surface area (Å²) < 4.78 is 5.36. The van der Waals surface area contributed by atoms with E-state index < -0.39 is 0 Å². The average molecular weight is 314 g/mol. The molecule has 1 fully saturated rings. The van der Waals surface area contributed by atoms with Crippen LogP contribution in [0.1, 0.15) is 50.5 Å². The Morgan fingerprint density at radius 1 is 1.00 bits per heavy atom. The highest BCUT2D eigenvalue weighted by Crippen LogP contribution is 2.18. The summed E-state index contributed by atoms with van der Waals surface area (Å²) in [5.41, 5.74) is 1.29. The van der Waals surface area contributed by atoms with Crippen LogP contribution in [-0.4, -0.2) is 24.4 Å². The lowest BCUT2D eigenvalue weighted by atomic mass is 9.96. The van der Waals surface area contributed by atoms with Gasteiger partial charge >= 0.3 is 0 Å². The van der Waals surface area contributed by atoms with Crippen molar-refractivity contribution in [3.05, 3.63) is 29.8 Å². The molecule has 0 atom stereocenters. The van der Waals surface area contributed by atoms with Crippen LogP contribution in [0.5, 0.6) is 5.75 Å². The molecular weight excluding hydrogens is 286 g/mol. The molecule has 4 heteroatoms. The van der Waals surface area contributed by atoms with Gasteiger partial charge in [-0.1, -0.05) is 44.2 Å². The Labute approximate surface area is 134 Å². The van der Waals surface area contributed by atoms with Crippen molar-refractivity contribution in [3.8, 4) is 5.75 Å². The van der Waals surface area contributed by atoms with Gasteiger partial charge in [0.1, 0.15) is 12.4 Å². The number of ether oxygens (including phenoxy) is 1. The number of hydrogen-bond acceptors (Lipinski definition) is 3. The summed E-state index contributed by atoms with van der Waals surface area (Å²) in [4.78, 5) is 0. The molecule has 120 valence electrons. The molecule has 0 saturated heterocycles. The van der Waals surface area contributed by atoms with Crippen molar-refractivity contribution in [2.45, 2.75) is 57.5 Å². The van der Waals surface area contributed by atoms with Gasteiger partial charge in [0.2, 0.25) is 0 Å². The van der Waals surface area contributed by atoms with Crippen LogP contribution >= 0.6 is 12.4 Å². The van der Waals surface area contributed by atoms with E-state index in [9.17, 15) is 0 Å². The second-order valence-electron chi connectivity index (χ2n) is 5.64. The summed E-state index contributed by atoms with van der Waals surface area (Å²) in [5, 5.41) is 12.4. The monoisotopic (exact) mass is 313 g/mol. The fourth-order valence-electron chi connectivity index (χ4n) is 2.79. The molecular formula is C17H28ClNO2. The van der Waals surface area contributed by atoms with Crippen molar-refractivity contribution in [2.24, 2.45) is 0 Å². The molecule has 0 spiro atoms. The van der Waals surface area contributed by atoms with E-state index in [1.54, 1.807) is 0 Å². The van der Waals surface area contributed by atoms with Crippen LogP contribution in [0.15, 0.2) is 24.3 Å². The van der Waals surface area contributed by atoms with Crippen molar-refractivity contribution in [1.82, 2.24) is 5.32 Å². The Hall–Kier alpha value is -0.770. The van der Waals surface area contributed by atoms with E-state index in [0.29, 0.717) is 12.6 Å². The lowest BCUT2D eigenvalue weighted by Crippen LogP contribution is -2.29. The molecule has 0 heterocycles. The second kappa shape index (κ2) is 10.9. The van der Waals surface area contributed by atoms with E-state index in [1.807, 2.05) is 12.1 Å². The van der Waals surface area contributed by atoms with E-state index in [1.165, 1.54) is 50.5 Å². The van der Waals surface area contributed by atoms with E-state index in [-0.39, 0.29) is 19.0 Å². The van der Waals surface area contributed by atoms with Crippen LogP contribution < -0.4 is 10.1 Å². The highest BCUT2D eigenvalue weighted by molar-refractivity contribution is 5.85. The van der Waals surface area contributed by atoms with Crippen LogP contribution in [0.25, 0.3) is 0 Å². The third kappa shape index (κ3) is 7.16.